The van der Waals surface area contributed by atoms with Crippen molar-refractivity contribution in [3.05, 3.63) is 71.0 Å². The van der Waals surface area contributed by atoms with Crippen LogP contribution in [0.3, 0.4) is 0 Å². The van der Waals surface area contributed by atoms with Crippen molar-refractivity contribution in [3.63, 3.8) is 0 Å². The van der Waals surface area contributed by atoms with Gasteiger partial charge in [-0.1, -0.05) is 42.0 Å². The van der Waals surface area contributed by atoms with Crippen LogP contribution in [0.1, 0.15) is 29.2 Å². The molecule has 4 nitrogen and oxygen atoms in total. The number of nitrogens with two attached hydrogens (primary N) is 1. The minimum absolute atomic E-state index is 0.224. The number of carbonyl (C=O) groups excluding carboxylic acids is 1. The van der Waals surface area contributed by atoms with Gasteiger partial charge in [0.1, 0.15) is 5.82 Å². The summed E-state index contributed by atoms with van der Waals surface area (Å²) in [6, 6.07) is 13.2. The van der Waals surface area contributed by atoms with Crippen molar-refractivity contribution >= 4 is 11.7 Å². The average molecular weight is 297 g/mol. The number of halogens is 1. The maximum atomic E-state index is 13.0. The summed E-state index contributed by atoms with van der Waals surface area (Å²) >= 11 is 0. The van der Waals surface area contributed by atoms with Crippen LogP contribution in [0.5, 0.6) is 0 Å². The van der Waals surface area contributed by atoms with E-state index in [-0.39, 0.29) is 11.9 Å². The lowest BCUT2D eigenvalue weighted by Gasteiger charge is -2.19. The van der Waals surface area contributed by atoms with Gasteiger partial charge in [-0.15, -0.1) is 0 Å². The molecule has 1 atom stereocenters. The molecule has 0 unspecified atom stereocenters. The molecule has 0 spiro atoms. The van der Waals surface area contributed by atoms with Gasteiger partial charge in [-0.25, -0.2) is 14.2 Å². The van der Waals surface area contributed by atoms with Crippen LogP contribution in [-0.2, 0) is 0 Å². The molecule has 0 aliphatic carbocycles. The van der Waals surface area contributed by atoms with Crippen LogP contribution in [0, 0.1) is 12.7 Å². The van der Waals surface area contributed by atoms with Gasteiger partial charge in [0.05, 0.1) is 11.8 Å². The summed E-state index contributed by atoms with van der Waals surface area (Å²) in [4.78, 5) is 11.7. The molecule has 5 heteroatoms. The van der Waals surface area contributed by atoms with Crippen LogP contribution in [0.4, 0.5) is 9.18 Å². The van der Waals surface area contributed by atoms with E-state index >= 15 is 0 Å². The summed E-state index contributed by atoms with van der Waals surface area (Å²) in [5.74, 6) is -0.302. The lowest BCUT2D eigenvalue weighted by Crippen LogP contribution is -2.31. The van der Waals surface area contributed by atoms with Crippen molar-refractivity contribution in [2.24, 2.45) is 10.8 Å². The monoisotopic (exact) mass is 297 g/mol. The molecule has 1 aliphatic heterocycles. The number of hydrogen-bond donors (Lipinski definition) is 1. The Hall–Kier alpha value is -2.69. The number of amides is 2. The van der Waals surface area contributed by atoms with Gasteiger partial charge < -0.3 is 5.73 Å². The Morgan fingerprint density at radius 1 is 1.18 bits per heavy atom. The highest BCUT2D eigenvalue weighted by Gasteiger charge is 2.31. The molecule has 112 valence electrons. The van der Waals surface area contributed by atoms with Crippen LogP contribution in [-0.4, -0.2) is 16.8 Å². The van der Waals surface area contributed by atoms with Gasteiger partial charge in [0, 0.05) is 6.42 Å². The molecule has 1 aliphatic rings. The molecule has 0 saturated carbocycles. The van der Waals surface area contributed by atoms with E-state index in [1.54, 1.807) is 12.1 Å². The molecule has 2 aromatic carbocycles. The second-order valence-electron chi connectivity index (χ2n) is 5.37. The van der Waals surface area contributed by atoms with Crippen molar-refractivity contribution < 1.29 is 9.18 Å². The van der Waals surface area contributed by atoms with Gasteiger partial charge in [-0.2, -0.15) is 5.10 Å². The fourth-order valence-electron chi connectivity index (χ4n) is 2.58. The van der Waals surface area contributed by atoms with Crippen LogP contribution in [0.15, 0.2) is 53.6 Å². The molecule has 2 N–H and O–H groups in total. The minimum Gasteiger partial charge on any atom is -0.350 e. The number of urea groups is 1. The first-order valence-corrected chi connectivity index (χ1v) is 7.03. The van der Waals surface area contributed by atoms with E-state index in [9.17, 15) is 9.18 Å². The predicted octanol–water partition coefficient (Wildman–Crippen LogP) is 3.36. The fourth-order valence-corrected chi connectivity index (χ4v) is 2.58. The van der Waals surface area contributed by atoms with E-state index in [4.69, 9.17) is 5.73 Å². The van der Waals surface area contributed by atoms with Crippen LogP contribution < -0.4 is 5.73 Å². The van der Waals surface area contributed by atoms with Crippen molar-refractivity contribution in [1.29, 1.82) is 0 Å². The van der Waals surface area contributed by atoms with Crippen LogP contribution in [0.25, 0.3) is 0 Å². The summed E-state index contributed by atoms with van der Waals surface area (Å²) in [5, 5.41) is 5.62. The van der Waals surface area contributed by atoms with E-state index in [2.05, 4.69) is 5.10 Å². The van der Waals surface area contributed by atoms with Crippen LogP contribution >= 0.6 is 0 Å². The fraction of sp³-hybridized carbons (Fsp3) is 0.176. The lowest BCUT2D eigenvalue weighted by molar-refractivity contribution is 0.196. The molecule has 1 heterocycles. The van der Waals surface area contributed by atoms with Crippen molar-refractivity contribution in [1.82, 2.24) is 5.01 Å². The zero-order valence-corrected chi connectivity index (χ0v) is 12.2. The molecule has 2 amide bonds. The van der Waals surface area contributed by atoms with Crippen LogP contribution in [0.2, 0.25) is 0 Å². The lowest BCUT2D eigenvalue weighted by atomic mass is 9.98. The standard InChI is InChI=1S/C17H16FN3O/c1-11-2-4-13(5-3-11)16-10-15(20-21(16)17(19)22)12-6-8-14(18)9-7-12/h2-9,16H,10H2,1H3,(H2,19,22)/t16-/m0/s1. The Balaban J connectivity index is 1.92. The van der Waals surface area contributed by atoms with E-state index in [0.29, 0.717) is 6.42 Å². The van der Waals surface area contributed by atoms with Gasteiger partial charge in [0.2, 0.25) is 0 Å². The second kappa shape index (κ2) is 5.60. The third kappa shape index (κ3) is 2.70. The Labute approximate surface area is 128 Å². The summed E-state index contributed by atoms with van der Waals surface area (Å²) in [6.45, 7) is 2.00. The first kappa shape index (κ1) is 14.3. The van der Waals surface area contributed by atoms with Gasteiger partial charge in [-0.05, 0) is 30.2 Å². The summed E-state index contributed by atoms with van der Waals surface area (Å²) in [6.07, 6.45) is 0.553. The third-order valence-corrected chi connectivity index (χ3v) is 3.78. The summed E-state index contributed by atoms with van der Waals surface area (Å²) < 4.78 is 13.0. The molecule has 22 heavy (non-hydrogen) atoms. The van der Waals surface area contributed by atoms with Crippen molar-refractivity contribution in [3.8, 4) is 0 Å². The predicted molar refractivity (Wildman–Crippen MR) is 82.9 cm³/mol. The Morgan fingerprint density at radius 2 is 1.82 bits per heavy atom. The number of benzene rings is 2. The molecule has 0 bridgehead atoms. The number of aryl methyl sites for hydroxylation is 1. The Morgan fingerprint density at radius 3 is 2.41 bits per heavy atom. The zero-order chi connectivity index (χ0) is 15.7. The highest BCUT2D eigenvalue weighted by Crippen LogP contribution is 2.32. The highest BCUT2D eigenvalue weighted by molar-refractivity contribution is 6.03. The summed E-state index contributed by atoms with van der Waals surface area (Å²) in [5.41, 5.74) is 9.08. The molecule has 2 aromatic rings. The smallest absolute Gasteiger partial charge is 0.335 e. The number of primary amides is 1. The first-order chi connectivity index (χ1) is 10.5. The topological polar surface area (TPSA) is 58.7 Å². The molecule has 0 radical (unpaired) electrons. The number of hydrogen-bond acceptors (Lipinski definition) is 2. The SMILES string of the molecule is Cc1ccc([C@@H]2CC(c3ccc(F)cc3)=NN2C(N)=O)cc1. The summed E-state index contributed by atoms with van der Waals surface area (Å²) in [7, 11) is 0. The maximum Gasteiger partial charge on any atom is 0.335 e. The molecule has 0 fully saturated rings. The largest absolute Gasteiger partial charge is 0.350 e. The normalized spacial score (nSPS) is 17.5. The van der Waals surface area contributed by atoms with Gasteiger partial charge in [0.25, 0.3) is 0 Å². The average Bonchev–Trinajstić information content (AvgIpc) is 2.94. The van der Waals surface area contributed by atoms with E-state index < -0.39 is 6.03 Å². The van der Waals surface area contributed by atoms with Gasteiger partial charge >= 0.3 is 6.03 Å². The quantitative estimate of drug-likeness (QED) is 0.907. The number of nitrogens with zero attached hydrogens (tertiary/aromatic N) is 2. The molecule has 0 saturated heterocycles. The van der Waals surface area contributed by atoms with Crippen molar-refractivity contribution in [2.75, 3.05) is 0 Å². The zero-order valence-electron chi connectivity index (χ0n) is 12.2. The van der Waals surface area contributed by atoms with Gasteiger partial charge in [0.15, 0.2) is 0 Å². The third-order valence-electron chi connectivity index (χ3n) is 3.78. The van der Waals surface area contributed by atoms with E-state index in [1.165, 1.54) is 17.1 Å². The molecule has 3 rings (SSSR count). The Bertz CT molecular complexity index is 723. The second-order valence-corrected chi connectivity index (χ2v) is 5.37. The maximum absolute atomic E-state index is 13.0. The number of carbonyl (C=O) groups is 1. The minimum atomic E-state index is -0.595. The van der Waals surface area contributed by atoms with Crippen molar-refractivity contribution in [2.45, 2.75) is 19.4 Å². The Kier molecular flexibility index (Phi) is 3.63. The van der Waals surface area contributed by atoms with Gasteiger partial charge in [-0.3, -0.25) is 0 Å². The highest BCUT2D eigenvalue weighted by atomic mass is 19.1. The number of hydrazone groups is 1. The number of rotatable bonds is 2. The first-order valence-electron chi connectivity index (χ1n) is 7.03. The molecular weight excluding hydrogens is 281 g/mol. The molecule has 0 aromatic heterocycles. The van der Waals surface area contributed by atoms with E-state index in [1.807, 2.05) is 31.2 Å². The molecular formula is C17H16FN3O. The van der Waals surface area contributed by atoms with E-state index in [0.717, 1.165) is 22.4 Å².